The first-order valence-electron chi connectivity index (χ1n) is 8.15. The second-order valence-corrected chi connectivity index (χ2v) is 5.57. The van der Waals surface area contributed by atoms with Crippen LogP contribution in [0.15, 0.2) is 11.6 Å². The molecule has 1 rings (SSSR count). The van der Waals surface area contributed by atoms with Crippen molar-refractivity contribution in [1.29, 1.82) is 5.26 Å². The van der Waals surface area contributed by atoms with Crippen molar-refractivity contribution < 1.29 is 19.1 Å². The van der Waals surface area contributed by atoms with Gasteiger partial charge in [0.15, 0.2) is 6.61 Å². The molecule has 0 atom stereocenters. The molecule has 0 saturated heterocycles. The van der Waals surface area contributed by atoms with Crippen LogP contribution >= 0.6 is 0 Å². The zero-order valence-electron chi connectivity index (χ0n) is 15.2. The lowest BCUT2D eigenvalue weighted by Gasteiger charge is -2.08. The van der Waals surface area contributed by atoms with Gasteiger partial charge in [-0.3, -0.25) is 4.79 Å². The molecule has 136 valence electrons. The number of hydrogen-bond acceptors (Lipinski definition) is 5. The third-order valence-corrected chi connectivity index (χ3v) is 3.68. The molecule has 1 heterocycles. The van der Waals surface area contributed by atoms with E-state index in [0.29, 0.717) is 19.7 Å². The molecule has 7 nitrogen and oxygen atoms in total. The number of amides is 1. The SMILES string of the molecule is CCCNC(=O)COC(=O)/C(C#N)=C/c1cc(C)n(CCOC)c1C. The first-order chi connectivity index (χ1) is 11.9. The van der Waals surface area contributed by atoms with Crippen LogP contribution in [0.5, 0.6) is 0 Å². The van der Waals surface area contributed by atoms with Crippen LogP contribution in [0.4, 0.5) is 0 Å². The third kappa shape index (κ3) is 6.08. The Balaban J connectivity index is 2.84. The Morgan fingerprint density at radius 3 is 2.72 bits per heavy atom. The van der Waals surface area contributed by atoms with Gasteiger partial charge in [0.05, 0.1) is 6.61 Å². The van der Waals surface area contributed by atoms with Crippen molar-refractivity contribution in [2.75, 3.05) is 26.9 Å². The van der Waals surface area contributed by atoms with E-state index < -0.39 is 12.6 Å². The number of carbonyl (C=O) groups excluding carboxylic acids is 2. The van der Waals surface area contributed by atoms with E-state index in [4.69, 9.17) is 9.47 Å². The summed E-state index contributed by atoms with van der Waals surface area (Å²) in [6.45, 7) is 7.16. The molecule has 1 N–H and O–H groups in total. The van der Waals surface area contributed by atoms with E-state index in [1.807, 2.05) is 37.5 Å². The number of nitrogens with one attached hydrogen (secondary N) is 1. The summed E-state index contributed by atoms with van der Waals surface area (Å²) in [4.78, 5) is 23.5. The quantitative estimate of drug-likeness (QED) is 0.417. The first kappa shape index (κ1) is 20.5. The summed E-state index contributed by atoms with van der Waals surface area (Å²) in [5.74, 6) is -1.19. The maximum absolute atomic E-state index is 12.0. The monoisotopic (exact) mass is 347 g/mol. The Hall–Kier alpha value is -2.59. The number of nitriles is 1. The predicted octanol–water partition coefficient (Wildman–Crippen LogP) is 1.73. The number of methoxy groups -OCH3 is 1. The number of esters is 1. The number of hydrogen-bond donors (Lipinski definition) is 1. The van der Waals surface area contributed by atoms with Crippen LogP contribution in [0.3, 0.4) is 0 Å². The number of aryl methyl sites for hydroxylation is 1. The Morgan fingerprint density at radius 1 is 1.40 bits per heavy atom. The Kier molecular flexibility index (Phi) is 8.44. The van der Waals surface area contributed by atoms with E-state index in [0.717, 1.165) is 23.4 Å². The number of aromatic nitrogens is 1. The van der Waals surface area contributed by atoms with E-state index in [2.05, 4.69) is 5.32 Å². The number of carbonyl (C=O) groups is 2. The molecule has 1 aromatic heterocycles. The largest absolute Gasteiger partial charge is 0.451 e. The van der Waals surface area contributed by atoms with Gasteiger partial charge < -0.3 is 19.4 Å². The van der Waals surface area contributed by atoms with Crippen molar-refractivity contribution in [2.24, 2.45) is 0 Å². The molecular formula is C18H25N3O4. The van der Waals surface area contributed by atoms with Crippen molar-refractivity contribution in [1.82, 2.24) is 9.88 Å². The molecule has 0 aliphatic heterocycles. The molecule has 25 heavy (non-hydrogen) atoms. The van der Waals surface area contributed by atoms with E-state index in [1.54, 1.807) is 7.11 Å². The summed E-state index contributed by atoms with van der Waals surface area (Å²) in [5, 5.41) is 11.8. The molecule has 0 bridgehead atoms. The maximum Gasteiger partial charge on any atom is 0.349 e. The average molecular weight is 347 g/mol. The van der Waals surface area contributed by atoms with Crippen molar-refractivity contribution in [3.05, 3.63) is 28.6 Å². The van der Waals surface area contributed by atoms with Gasteiger partial charge in [-0.05, 0) is 38.0 Å². The molecule has 0 aromatic carbocycles. The molecule has 0 radical (unpaired) electrons. The molecule has 0 spiro atoms. The van der Waals surface area contributed by atoms with Crippen molar-refractivity contribution in [3.8, 4) is 6.07 Å². The highest BCUT2D eigenvalue weighted by atomic mass is 16.5. The van der Waals surface area contributed by atoms with E-state index in [1.165, 1.54) is 6.08 Å². The summed E-state index contributed by atoms with van der Waals surface area (Å²) in [6.07, 6.45) is 2.28. The van der Waals surface area contributed by atoms with Crippen LogP contribution in [0, 0.1) is 25.2 Å². The minimum Gasteiger partial charge on any atom is -0.451 e. The Labute approximate surface area is 148 Å². The fourth-order valence-corrected chi connectivity index (χ4v) is 2.32. The maximum atomic E-state index is 12.0. The van der Waals surface area contributed by atoms with Crippen LogP contribution in [-0.2, 0) is 25.6 Å². The highest BCUT2D eigenvalue weighted by molar-refractivity contribution is 5.99. The molecule has 0 aliphatic rings. The smallest absolute Gasteiger partial charge is 0.349 e. The molecule has 0 unspecified atom stereocenters. The molecule has 1 amide bonds. The van der Waals surface area contributed by atoms with Crippen LogP contribution < -0.4 is 5.32 Å². The van der Waals surface area contributed by atoms with Gasteiger partial charge in [0.2, 0.25) is 0 Å². The number of nitrogens with zero attached hydrogens (tertiary/aromatic N) is 2. The molecular weight excluding hydrogens is 322 g/mol. The minimum atomic E-state index is -0.809. The summed E-state index contributed by atoms with van der Waals surface area (Å²) in [7, 11) is 1.63. The van der Waals surface area contributed by atoms with Crippen LogP contribution in [0.25, 0.3) is 6.08 Å². The molecule has 0 fully saturated rings. The van der Waals surface area contributed by atoms with E-state index in [-0.39, 0.29) is 11.5 Å². The van der Waals surface area contributed by atoms with Crippen LogP contribution in [0.2, 0.25) is 0 Å². The van der Waals surface area contributed by atoms with Crippen molar-refractivity contribution in [3.63, 3.8) is 0 Å². The van der Waals surface area contributed by atoms with E-state index in [9.17, 15) is 14.9 Å². The first-order valence-corrected chi connectivity index (χ1v) is 8.15. The topological polar surface area (TPSA) is 93.4 Å². The van der Waals surface area contributed by atoms with Crippen molar-refractivity contribution in [2.45, 2.75) is 33.7 Å². The second kappa shape index (κ2) is 10.3. The zero-order chi connectivity index (χ0) is 18.8. The van der Waals surface area contributed by atoms with Crippen LogP contribution in [0.1, 0.15) is 30.3 Å². The lowest BCUT2D eigenvalue weighted by molar-refractivity contribution is -0.144. The Bertz CT molecular complexity index is 683. The molecule has 1 aromatic rings. The van der Waals surface area contributed by atoms with Gasteiger partial charge >= 0.3 is 5.97 Å². The summed E-state index contributed by atoms with van der Waals surface area (Å²) in [6, 6.07) is 3.73. The normalized spacial score (nSPS) is 11.1. The van der Waals surface area contributed by atoms with Gasteiger partial charge in [-0.2, -0.15) is 5.26 Å². The molecule has 0 saturated carbocycles. The second-order valence-electron chi connectivity index (χ2n) is 5.57. The Morgan fingerprint density at radius 2 is 2.12 bits per heavy atom. The number of ether oxygens (including phenoxy) is 2. The van der Waals surface area contributed by atoms with Gasteiger partial charge in [-0.25, -0.2) is 4.79 Å². The van der Waals surface area contributed by atoms with Gasteiger partial charge in [0, 0.05) is 31.6 Å². The number of rotatable bonds is 9. The van der Waals surface area contributed by atoms with Gasteiger partial charge in [-0.15, -0.1) is 0 Å². The lowest BCUT2D eigenvalue weighted by atomic mass is 10.1. The highest BCUT2D eigenvalue weighted by Gasteiger charge is 2.15. The summed E-state index contributed by atoms with van der Waals surface area (Å²) < 4.78 is 12.0. The molecule has 7 heteroatoms. The van der Waals surface area contributed by atoms with Gasteiger partial charge in [-0.1, -0.05) is 6.92 Å². The standard InChI is InChI=1S/C18H25N3O4/c1-5-6-20-17(22)12-25-18(23)16(11-19)10-15-9-13(2)21(14(15)3)7-8-24-4/h9-10H,5-8,12H2,1-4H3,(H,20,22)/b16-10+. The zero-order valence-corrected chi connectivity index (χ0v) is 15.2. The fourth-order valence-electron chi connectivity index (χ4n) is 2.32. The van der Waals surface area contributed by atoms with Crippen LogP contribution in [-0.4, -0.2) is 43.3 Å². The highest BCUT2D eigenvalue weighted by Crippen LogP contribution is 2.18. The predicted molar refractivity (Wildman–Crippen MR) is 93.6 cm³/mol. The molecule has 0 aliphatic carbocycles. The third-order valence-electron chi connectivity index (χ3n) is 3.68. The summed E-state index contributed by atoms with van der Waals surface area (Å²) in [5.41, 5.74) is 2.55. The lowest BCUT2D eigenvalue weighted by Crippen LogP contribution is -2.29. The van der Waals surface area contributed by atoms with Crippen molar-refractivity contribution >= 4 is 18.0 Å². The average Bonchev–Trinajstić information content (AvgIpc) is 2.87. The van der Waals surface area contributed by atoms with Gasteiger partial charge in [0.1, 0.15) is 11.6 Å². The van der Waals surface area contributed by atoms with E-state index >= 15 is 0 Å². The fraction of sp³-hybridized carbons (Fsp3) is 0.500. The minimum absolute atomic E-state index is 0.143. The summed E-state index contributed by atoms with van der Waals surface area (Å²) >= 11 is 0. The van der Waals surface area contributed by atoms with Gasteiger partial charge in [0.25, 0.3) is 5.91 Å².